The van der Waals surface area contributed by atoms with Crippen molar-refractivity contribution in [3.63, 3.8) is 0 Å². The normalized spacial score (nSPS) is 28.0. The summed E-state index contributed by atoms with van der Waals surface area (Å²) < 4.78 is 6.56. The van der Waals surface area contributed by atoms with Gasteiger partial charge in [0.25, 0.3) is 0 Å². The van der Waals surface area contributed by atoms with Gasteiger partial charge in [-0.3, -0.25) is 0 Å². The van der Waals surface area contributed by atoms with Crippen molar-refractivity contribution >= 4 is 0 Å². The summed E-state index contributed by atoms with van der Waals surface area (Å²) in [6, 6.07) is 0. The van der Waals surface area contributed by atoms with Crippen molar-refractivity contribution in [3.8, 4) is 0 Å². The van der Waals surface area contributed by atoms with Gasteiger partial charge in [0.05, 0.1) is 11.7 Å². The van der Waals surface area contributed by atoms with Crippen molar-refractivity contribution in [2.24, 2.45) is 10.8 Å². The summed E-state index contributed by atoms with van der Waals surface area (Å²) in [6.07, 6.45) is 36.0. The topological polar surface area (TPSA) is 9.23 Å². The molecule has 1 saturated carbocycles. The zero-order valence-electron chi connectivity index (χ0n) is 27.7. The molecule has 2 aliphatic carbocycles. The van der Waals surface area contributed by atoms with Gasteiger partial charge in [0, 0.05) is 0 Å². The summed E-state index contributed by atoms with van der Waals surface area (Å²) in [7, 11) is 0. The second-order valence-electron chi connectivity index (χ2n) is 14.1. The van der Waals surface area contributed by atoms with Crippen molar-refractivity contribution in [3.05, 3.63) is 118 Å². The largest absolute Gasteiger partial charge is 0.359 e. The van der Waals surface area contributed by atoms with Gasteiger partial charge >= 0.3 is 0 Å². The predicted octanol–water partition coefficient (Wildman–Crippen LogP) is 11.8. The molecule has 2 unspecified atom stereocenters. The van der Waals surface area contributed by atoms with Crippen LogP contribution in [-0.4, -0.2) is 11.7 Å². The molecule has 41 heavy (non-hydrogen) atoms. The van der Waals surface area contributed by atoms with Crippen LogP contribution in [0, 0.1) is 10.8 Å². The van der Waals surface area contributed by atoms with Crippen LogP contribution >= 0.6 is 0 Å². The van der Waals surface area contributed by atoms with E-state index >= 15 is 0 Å². The Labute approximate surface area is 252 Å². The number of allylic oxidation sites excluding steroid dienone is 17. The van der Waals surface area contributed by atoms with E-state index in [9.17, 15) is 0 Å². The molecule has 3 rings (SSSR count). The second kappa shape index (κ2) is 14.0. The summed E-state index contributed by atoms with van der Waals surface area (Å²) in [5.41, 5.74) is 9.97. The summed E-state index contributed by atoms with van der Waals surface area (Å²) in [5.74, 6) is 0. The minimum atomic E-state index is -0.0952. The first-order chi connectivity index (χ1) is 19.2. The van der Waals surface area contributed by atoms with Crippen molar-refractivity contribution in [1.29, 1.82) is 0 Å². The molecule has 0 aromatic carbocycles. The lowest BCUT2D eigenvalue weighted by atomic mass is 9.67. The van der Waals surface area contributed by atoms with Crippen LogP contribution in [0.3, 0.4) is 0 Å². The van der Waals surface area contributed by atoms with Gasteiger partial charge in [-0.1, -0.05) is 123 Å². The molecule has 0 bridgehead atoms. The van der Waals surface area contributed by atoms with E-state index in [-0.39, 0.29) is 22.5 Å². The average Bonchev–Trinajstić information content (AvgIpc) is 3.25. The minimum Gasteiger partial charge on any atom is -0.359 e. The summed E-state index contributed by atoms with van der Waals surface area (Å²) in [5, 5.41) is 0. The average molecular weight is 553 g/mol. The highest BCUT2D eigenvalue weighted by atomic mass is 16.5. The molecule has 0 amide bonds. The predicted molar refractivity (Wildman–Crippen MR) is 181 cm³/mol. The molecule has 0 aromatic rings. The quantitative estimate of drug-likeness (QED) is 0.204. The Morgan fingerprint density at radius 3 is 1.88 bits per heavy atom. The van der Waals surface area contributed by atoms with Crippen molar-refractivity contribution in [1.82, 2.24) is 0 Å². The van der Waals surface area contributed by atoms with E-state index in [4.69, 9.17) is 4.74 Å². The van der Waals surface area contributed by atoms with Crippen molar-refractivity contribution < 1.29 is 4.74 Å². The van der Waals surface area contributed by atoms with Crippen LogP contribution in [0.2, 0.25) is 0 Å². The highest BCUT2D eigenvalue weighted by molar-refractivity contribution is 5.38. The molecule has 0 saturated heterocycles. The minimum absolute atomic E-state index is 0.0858. The van der Waals surface area contributed by atoms with Crippen LogP contribution in [0.4, 0.5) is 0 Å². The SMILES string of the molecule is CC(C=CC1=C(C)CCCC1(C)C)=CC=CC(C)=C/C=C/C=C(C)/C=C/C=C(\C)C1C=C2C(C)(C)CCCC2(C)O1. The Hall–Kier alpha value is -2.64. The van der Waals surface area contributed by atoms with E-state index in [0.717, 1.165) is 6.42 Å². The van der Waals surface area contributed by atoms with Crippen LogP contribution in [0.25, 0.3) is 0 Å². The van der Waals surface area contributed by atoms with Crippen molar-refractivity contribution in [2.75, 3.05) is 0 Å². The molecule has 0 spiro atoms. The Bertz CT molecular complexity index is 1260. The van der Waals surface area contributed by atoms with Gasteiger partial charge in [-0.05, 0) is 114 Å². The maximum absolute atomic E-state index is 6.56. The van der Waals surface area contributed by atoms with Gasteiger partial charge in [0.1, 0.15) is 0 Å². The number of hydrogen-bond donors (Lipinski definition) is 0. The molecule has 1 nitrogen and oxygen atoms in total. The maximum atomic E-state index is 6.56. The van der Waals surface area contributed by atoms with Gasteiger partial charge in [0.2, 0.25) is 0 Å². The summed E-state index contributed by atoms with van der Waals surface area (Å²) >= 11 is 0. The Morgan fingerprint density at radius 1 is 0.707 bits per heavy atom. The molecule has 0 radical (unpaired) electrons. The van der Waals surface area contributed by atoms with E-state index in [1.807, 2.05) is 0 Å². The smallest absolute Gasteiger partial charge is 0.0982 e. The van der Waals surface area contributed by atoms with Crippen LogP contribution in [-0.2, 0) is 4.74 Å². The first-order valence-electron chi connectivity index (χ1n) is 15.7. The van der Waals surface area contributed by atoms with Gasteiger partial charge in [0.15, 0.2) is 0 Å². The summed E-state index contributed by atoms with van der Waals surface area (Å²) in [6.45, 7) is 22.7. The van der Waals surface area contributed by atoms with Crippen LogP contribution in [0.15, 0.2) is 118 Å². The Balaban J connectivity index is 1.51. The third-order valence-corrected chi connectivity index (χ3v) is 9.23. The van der Waals surface area contributed by atoms with E-state index in [1.54, 1.807) is 5.57 Å². The highest BCUT2D eigenvalue weighted by Crippen LogP contribution is 2.51. The lowest BCUT2D eigenvalue weighted by molar-refractivity contribution is -0.0307. The zero-order valence-corrected chi connectivity index (χ0v) is 27.7. The number of ether oxygens (including phenoxy) is 1. The first kappa shape index (κ1) is 32.9. The van der Waals surface area contributed by atoms with E-state index in [0.29, 0.717) is 0 Å². The van der Waals surface area contributed by atoms with E-state index in [1.165, 1.54) is 65.5 Å². The molecule has 1 heterocycles. The fourth-order valence-corrected chi connectivity index (χ4v) is 6.67. The second-order valence-corrected chi connectivity index (χ2v) is 14.1. The lowest BCUT2D eigenvalue weighted by Gasteiger charge is -2.42. The molecule has 2 atom stereocenters. The molecule has 0 N–H and O–H groups in total. The third-order valence-electron chi connectivity index (χ3n) is 9.23. The molecular formula is C40H56O. The van der Waals surface area contributed by atoms with E-state index < -0.39 is 0 Å². The molecule has 0 aromatic heterocycles. The molecular weight excluding hydrogens is 496 g/mol. The number of hydrogen-bond acceptors (Lipinski definition) is 1. The summed E-state index contributed by atoms with van der Waals surface area (Å²) in [4.78, 5) is 0. The van der Waals surface area contributed by atoms with Gasteiger partial charge in [-0.15, -0.1) is 0 Å². The molecule has 222 valence electrons. The third kappa shape index (κ3) is 9.17. The lowest BCUT2D eigenvalue weighted by Crippen LogP contribution is -2.39. The number of rotatable bonds is 9. The highest BCUT2D eigenvalue weighted by Gasteiger charge is 2.47. The van der Waals surface area contributed by atoms with Gasteiger partial charge in [-0.2, -0.15) is 0 Å². The van der Waals surface area contributed by atoms with Crippen LogP contribution < -0.4 is 0 Å². The number of fused-ring (bicyclic) bond motifs is 1. The fourth-order valence-electron chi connectivity index (χ4n) is 6.67. The fraction of sp³-hybridized carbons (Fsp3) is 0.500. The standard InChI is InChI=1S/C40H56O/c1-30(19-13-20-32(3)24-25-35-33(4)23-15-26-38(35,6)7)17-11-12-18-31(2)21-14-22-34(5)36-29-37-39(8,9)27-16-28-40(37,10)41-36/h11-14,17-22,24-25,29,36H,15-16,23,26-28H2,1-10H3/b12-11+,19-13?,21-14+,25-24?,30-17?,31-18+,32-20?,34-22+. The van der Waals surface area contributed by atoms with Crippen LogP contribution in [0.5, 0.6) is 0 Å². The Kier molecular flexibility index (Phi) is 11.2. The first-order valence-corrected chi connectivity index (χ1v) is 15.7. The van der Waals surface area contributed by atoms with E-state index in [2.05, 4.69) is 148 Å². The Morgan fingerprint density at radius 2 is 1.27 bits per heavy atom. The molecule has 1 fully saturated rings. The van der Waals surface area contributed by atoms with Gasteiger partial charge < -0.3 is 4.74 Å². The van der Waals surface area contributed by atoms with Gasteiger partial charge in [-0.25, -0.2) is 0 Å². The van der Waals surface area contributed by atoms with Crippen molar-refractivity contribution in [2.45, 2.75) is 119 Å². The molecule has 3 aliphatic rings. The maximum Gasteiger partial charge on any atom is 0.0982 e. The molecule has 1 heteroatoms. The zero-order chi connectivity index (χ0) is 30.3. The van der Waals surface area contributed by atoms with Crippen LogP contribution in [0.1, 0.15) is 108 Å². The molecule has 1 aliphatic heterocycles. The monoisotopic (exact) mass is 552 g/mol.